The molecule has 5 nitrogen and oxygen atoms in total. The van der Waals surface area contributed by atoms with E-state index in [1.807, 2.05) is 24.4 Å². The largest absolute Gasteiger partial charge is 0.460 e. The second kappa shape index (κ2) is 6.26. The number of hydrogen-bond acceptors (Lipinski definition) is 5. The van der Waals surface area contributed by atoms with Gasteiger partial charge in [-0.3, -0.25) is 4.79 Å². The molecule has 3 rings (SSSR count). The molecule has 0 fully saturated rings. The number of esters is 1. The minimum absolute atomic E-state index is 0.173. The monoisotopic (exact) mass is 329 g/mol. The van der Waals surface area contributed by atoms with E-state index in [4.69, 9.17) is 9.15 Å². The van der Waals surface area contributed by atoms with Crippen molar-refractivity contribution in [1.29, 1.82) is 0 Å². The molecule has 0 aliphatic heterocycles. The van der Waals surface area contributed by atoms with Gasteiger partial charge in [0.25, 0.3) is 5.91 Å². The quantitative estimate of drug-likeness (QED) is 0.727. The maximum absolute atomic E-state index is 12.1. The highest BCUT2D eigenvalue weighted by atomic mass is 32.1. The lowest BCUT2D eigenvalue weighted by atomic mass is 10.1. The number of rotatable bonds is 4. The molecule has 6 heteroatoms. The molecule has 0 saturated heterocycles. The second-order valence-electron chi connectivity index (χ2n) is 4.92. The number of carbonyl (C=O) groups is 2. The Morgan fingerprint density at radius 1 is 1.30 bits per heavy atom. The zero-order chi connectivity index (χ0) is 16.4. The topological polar surface area (TPSA) is 68.5 Å². The molecule has 1 N–H and O–H groups in total. The van der Waals surface area contributed by atoms with Crippen molar-refractivity contribution in [2.24, 2.45) is 0 Å². The van der Waals surface area contributed by atoms with Crippen molar-refractivity contribution in [3.05, 3.63) is 51.9 Å². The lowest BCUT2D eigenvalue weighted by Crippen LogP contribution is -2.09. The number of ether oxygens (including phenoxy) is 1. The summed E-state index contributed by atoms with van der Waals surface area (Å²) in [6, 6.07) is 8.89. The van der Waals surface area contributed by atoms with E-state index in [9.17, 15) is 9.59 Å². The van der Waals surface area contributed by atoms with E-state index in [1.54, 1.807) is 25.1 Å². The first-order chi connectivity index (χ1) is 11.1. The van der Waals surface area contributed by atoms with Gasteiger partial charge in [0.05, 0.1) is 11.5 Å². The molecule has 0 aliphatic rings. The van der Waals surface area contributed by atoms with Gasteiger partial charge in [-0.2, -0.15) is 0 Å². The van der Waals surface area contributed by atoms with Crippen LogP contribution in [0.4, 0.5) is 5.69 Å². The average Bonchev–Trinajstić information content (AvgIpc) is 3.16. The van der Waals surface area contributed by atoms with Crippen LogP contribution < -0.4 is 5.32 Å². The number of furan rings is 1. The molecule has 0 bridgehead atoms. The van der Waals surface area contributed by atoms with Crippen LogP contribution in [-0.4, -0.2) is 18.5 Å². The first-order valence-electron chi connectivity index (χ1n) is 7.15. The van der Waals surface area contributed by atoms with Gasteiger partial charge in [0, 0.05) is 22.7 Å². The zero-order valence-corrected chi connectivity index (χ0v) is 13.5. The summed E-state index contributed by atoms with van der Waals surface area (Å²) in [6.45, 7) is 3.84. The van der Waals surface area contributed by atoms with E-state index < -0.39 is 5.97 Å². The van der Waals surface area contributed by atoms with Crippen molar-refractivity contribution in [1.82, 2.24) is 0 Å². The smallest absolute Gasteiger partial charge is 0.374 e. The van der Waals surface area contributed by atoms with E-state index in [0.717, 1.165) is 10.9 Å². The lowest BCUT2D eigenvalue weighted by molar-refractivity contribution is 0.0491. The summed E-state index contributed by atoms with van der Waals surface area (Å²) in [5.74, 6) is -0.456. The number of aryl methyl sites for hydroxylation is 1. The number of amides is 1. The van der Waals surface area contributed by atoms with Gasteiger partial charge in [0.15, 0.2) is 0 Å². The highest BCUT2D eigenvalue weighted by Crippen LogP contribution is 2.28. The molecule has 1 amide bonds. The highest BCUT2D eigenvalue weighted by Gasteiger charge is 2.19. The maximum atomic E-state index is 12.1. The van der Waals surface area contributed by atoms with Gasteiger partial charge >= 0.3 is 5.97 Å². The van der Waals surface area contributed by atoms with Gasteiger partial charge in [-0.05, 0) is 37.4 Å². The Bertz CT molecular complexity index is 864. The summed E-state index contributed by atoms with van der Waals surface area (Å²) in [6.07, 6.45) is 0. The van der Waals surface area contributed by atoms with Crippen LogP contribution in [0.2, 0.25) is 0 Å². The van der Waals surface area contributed by atoms with Gasteiger partial charge in [0.2, 0.25) is 5.76 Å². The molecule has 0 radical (unpaired) electrons. The molecule has 0 aliphatic carbocycles. The van der Waals surface area contributed by atoms with E-state index in [-0.39, 0.29) is 18.3 Å². The zero-order valence-electron chi connectivity index (χ0n) is 12.7. The molecule has 0 saturated carbocycles. The summed E-state index contributed by atoms with van der Waals surface area (Å²) in [5, 5.41) is 5.48. The molecule has 2 aromatic heterocycles. The van der Waals surface area contributed by atoms with Crippen molar-refractivity contribution in [3.8, 4) is 0 Å². The van der Waals surface area contributed by atoms with Gasteiger partial charge in [-0.15, -0.1) is 11.3 Å². The van der Waals surface area contributed by atoms with E-state index in [1.165, 1.54) is 11.3 Å². The van der Waals surface area contributed by atoms with Gasteiger partial charge in [0.1, 0.15) is 5.58 Å². The third kappa shape index (κ3) is 2.98. The number of hydrogen-bond donors (Lipinski definition) is 1. The molecular weight excluding hydrogens is 314 g/mol. The van der Waals surface area contributed by atoms with E-state index in [0.29, 0.717) is 16.1 Å². The fourth-order valence-electron chi connectivity index (χ4n) is 2.30. The summed E-state index contributed by atoms with van der Waals surface area (Å²) >= 11 is 1.37. The van der Waals surface area contributed by atoms with Crippen molar-refractivity contribution in [3.63, 3.8) is 0 Å². The minimum Gasteiger partial charge on any atom is -0.460 e. The summed E-state index contributed by atoms with van der Waals surface area (Å²) in [7, 11) is 0. The number of benzene rings is 1. The molecule has 0 atom stereocenters. The molecular formula is C17H15NO4S. The Labute approximate surface area is 136 Å². The Hall–Kier alpha value is -2.60. The van der Waals surface area contributed by atoms with Crippen LogP contribution >= 0.6 is 11.3 Å². The first-order valence-corrected chi connectivity index (χ1v) is 8.03. The van der Waals surface area contributed by atoms with Crippen LogP contribution in [-0.2, 0) is 4.74 Å². The Balaban J connectivity index is 1.90. The summed E-state index contributed by atoms with van der Waals surface area (Å²) in [5.41, 5.74) is 1.88. The number of fused-ring (bicyclic) bond motifs is 1. The van der Waals surface area contributed by atoms with Crippen LogP contribution in [0, 0.1) is 6.92 Å². The Morgan fingerprint density at radius 2 is 2.13 bits per heavy atom. The van der Waals surface area contributed by atoms with Crippen molar-refractivity contribution >= 4 is 39.9 Å². The molecule has 3 aromatic rings. The third-order valence-electron chi connectivity index (χ3n) is 3.40. The van der Waals surface area contributed by atoms with Crippen LogP contribution in [0.3, 0.4) is 0 Å². The van der Waals surface area contributed by atoms with Crippen molar-refractivity contribution in [2.45, 2.75) is 13.8 Å². The number of carbonyl (C=O) groups excluding carboxylic acids is 2. The number of nitrogens with one attached hydrogen (secondary N) is 1. The van der Waals surface area contributed by atoms with E-state index in [2.05, 4.69) is 5.32 Å². The molecule has 2 heterocycles. The predicted octanol–water partition coefficient (Wildman–Crippen LogP) is 4.23. The van der Waals surface area contributed by atoms with Crippen LogP contribution in [0.1, 0.15) is 32.7 Å². The maximum Gasteiger partial charge on any atom is 0.374 e. The summed E-state index contributed by atoms with van der Waals surface area (Å²) in [4.78, 5) is 24.6. The third-order valence-corrected chi connectivity index (χ3v) is 4.27. The fourth-order valence-corrected chi connectivity index (χ4v) is 2.91. The average molecular weight is 329 g/mol. The Morgan fingerprint density at radius 3 is 2.83 bits per heavy atom. The molecule has 0 unspecified atom stereocenters. The summed E-state index contributed by atoms with van der Waals surface area (Å²) < 4.78 is 10.6. The van der Waals surface area contributed by atoms with Gasteiger partial charge < -0.3 is 14.5 Å². The molecule has 23 heavy (non-hydrogen) atoms. The van der Waals surface area contributed by atoms with Crippen LogP contribution in [0.5, 0.6) is 0 Å². The minimum atomic E-state index is -0.481. The standard InChI is InChI=1S/C17H15NO4S/c1-3-21-17(20)15-10(2)12-7-6-11(9-13(12)22-15)18-16(19)14-5-4-8-23-14/h4-9H,3H2,1-2H3,(H,18,19). The van der Waals surface area contributed by atoms with E-state index >= 15 is 0 Å². The van der Waals surface area contributed by atoms with Gasteiger partial charge in [-0.25, -0.2) is 4.79 Å². The number of thiophene rings is 1. The predicted molar refractivity (Wildman–Crippen MR) is 89.2 cm³/mol. The SMILES string of the molecule is CCOC(=O)c1oc2cc(NC(=O)c3cccs3)ccc2c1C. The number of anilines is 1. The van der Waals surface area contributed by atoms with Crippen LogP contribution in [0.25, 0.3) is 11.0 Å². The van der Waals surface area contributed by atoms with Gasteiger partial charge in [-0.1, -0.05) is 6.07 Å². The van der Waals surface area contributed by atoms with Crippen molar-refractivity contribution in [2.75, 3.05) is 11.9 Å². The fraction of sp³-hybridized carbons (Fsp3) is 0.176. The lowest BCUT2D eigenvalue weighted by Gasteiger charge is -2.03. The second-order valence-corrected chi connectivity index (χ2v) is 5.87. The first kappa shape index (κ1) is 15.3. The molecule has 0 spiro atoms. The molecule has 118 valence electrons. The van der Waals surface area contributed by atoms with Crippen LogP contribution in [0.15, 0.2) is 40.1 Å². The normalized spacial score (nSPS) is 10.7. The van der Waals surface area contributed by atoms with Crippen molar-refractivity contribution < 1.29 is 18.7 Å². The Kier molecular flexibility index (Phi) is 4.16. The highest BCUT2D eigenvalue weighted by molar-refractivity contribution is 7.12. The molecule has 1 aromatic carbocycles.